The first-order valence-corrected chi connectivity index (χ1v) is 7.69. The number of nitrogens with one attached hydrogen (secondary N) is 1. The van der Waals surface area contributed by atoms with Gasteiger partial charge >= 0.3 is 0 Å². The molecule has 108 valence electrons. The minimum Gasteiger partial charge on any atom is -0.381 e. The molecule has 0 aliphatic carbocycles. The minimum atomic E-state index is -3.70. The number of primary sulfonamides is 1. The fourth-order valence-electron chi connectivity index (χ4n) is 2.13. The highest BCUT2D eigenvalue weighted by Gasteiger charge is 2.13. The molecule has 0 saturated heterocycles. The lowest BCUT2D eigenvalue weighted by atomic mass is 10.2. The predicted molar refractivity (Wildman–Crippen MR) is 77.8 cm³/mol. The lowest BCUT2D eigenvalue weighted by Gasteiger charge is -2.11. The van der Waals surface area contributed by atoms with Gasteiger partial charge in [0.1, 0.15) is 0 Å². The van der Waals surface area contributed by atoms with E-state index >= 15 is 0 Å². The Bertz CT molecular complexity index is 735. The lowest BCUT2D eigenvalue weighted by Crippen LogP contribution is -2.14. The monoisotopic (exact) mass is 294 g/mol. The third kappa shape index (κ3) is 3.00. The zero-order valence-corrected chi connectivity index (χ0v) is 12.5. The van der Waals surface area contributed by atoms with Crippen LogP contribution in [0.4, 0.5) is 5.69 Å². The molecule has 3 N–H and O–H groups in total. The van der Waals surface area contributed by atoms with Crippen LogP contribution >= 0.6 is 0 Å². The quantitative estimate of drug-likeness (QED) is 0.889. The van der Waals surface area contributed by atoms with E-state index in [9.17, 15) is 8.42 Å². The van der Waals surface area contributed by atoms with Gasteiger partial charge in [-0.25, -0.2) is 13.6 Å². The van der Waals surface area contributed by atoms with E-state index in [0.29, 0.717) is 12.1 Å². The number of benzene rings is 1. The van der Waals surface area contributed by atoms with E-state index in [1.54, 1.807) is 17.7 Å². The van der Waals surface area contributed by atoms with Crippen LogP contribution in [0.5, 0.6) is 0 Å². The van der Waals surface area contributed by atoms with E-state index < -0.39 is 10.0 Å². The number of sulfonamides is 1. The first-order valence-electron chi connectivity index (χ1n) is 6.14. The third-order valence-electron chi connectivity index (χ3n) is 3.18. The van der Waals surface area contributed by atoms with Gasteiger partial charge in [-0.2, -0.15) is 5.10 Å². The number of nitrogens with two attached hydrogens (primary N) is 1. The normalized spacial score (nSPS) is 11.6. The summed E-state index contributed by atoms with van der Waals surface area (Å²) in [5, 5.41) is 12.7. The summed E-state index contributed by atoms with van der Waals surface area (Å²) in [7, 11) is -1.84. The highest BCUT2D eigenvalue weighted by atomic mass is 32.2. The fourth-order valence-corrected chi connectivity index (χ4v) is 2.93. The van der Waals surface area contributed by atoms with Gasteiger partial charge < -0.3 is 5.32 Å². The summed E-state index contributed by atoms with van der Waals surface area (Å²) < 4.78 is 24.7. The van der Waals surface area contributed by atoms with Crippen molar-refractivity contribution in [3.8, 4) is 0 Å². The molecule has 0 fully saturated rings. The topological polar surface area (TPSA) is 90.0 Å². The van der Waals surface area contributed by atoms with Crippen LogP contribution < -0.4 is 10.5 Å². The number of nitrogens with zero attached hydrogens (tertiary/aromatic N) is 2. The Kier molecular flexibility index (Phi) is 3.82. The number of hydrogen-bond donors (Lipinski definition) is 2. The highest BCUT2D eigenvalue weighted by molar-refractivity contribution is 7.89. The summed E-state index contributed by atoms with van der Waals surface area (Å²) in [6.07, 6.45) is 1.93. The number of rotatable bonds is 4. The minimum absolute atomic E-state index is 0.144. The fraction of sp³-hybridized carbons (Fsp3) is 0.308. The number of aryl methyl sites for hydroxylation is 2. The zero-order valence-electron chi connectivity index (χ0n) is 11.7. The Morgan fingerprint density at radius 1 is 1.35 bits per heavy atom. The van der Waals surface area contributed by atoms with Crippen molar-refractivity contribution in [1.29, 1.82) is 0 Å². The molecule has 0 atom stereocenters. The van der Waals surface area contributed by atoms with Gasteiger partial charge in [-0.3, -0.25) is 4.68 Å². The van der Waals surface area contributed by atoms with E-state index in [4.69, 9.17) is 5.14 Å². The highest BCUT2D eigenvalue weighted by Crippen LogP contribution is 2.22. The summed E-state index contributed by atoms with van der Waals surface area (Å²) in [4.78, 5) is 0.144. The van der Waals surface area contributed by atoms with E-state index in [1.807, 2.05) is 26.2 Å². The van der Waals surface area contributed by atoms with Crippen molar-refractivity contribution in [2.24, 2.45) is 12.2 Å². The van der Waals surface area contributed by atoms with Crippen LogP contribution in [-0.4, -0.2) is 18.2 Å². The van der Waals surface area contributed by atoms with Gasteiger partial charge in [-0.1, -0.05) is 6.07 Å². The van der Waals surface area contributed by atoms with Crippen LogP contribution in [0.25, 0.3) is 0 Å². The van der Waals surface area contributed by atoms with E-state index in [0.717, 1.165) is 16.9 Å². The Labute approximate surface area is 118 Å². The van der Waals surface area contributed by atoms with Crippen LogP contribution in [0.2, 0.25) is 0 Å². The number of hydrogen-bond acceptors (Lipinski definition) is 4. The lowest BCUT2D eigenvalue weighted by molar-refractivity contribution is 0.597. The van der Waals surface area contributed by atoms with Crippen LogP contribution in [0.1, 0.15) is 16.8 Å². The molecule has 0 saturated carbocycles. The van der Waals surface area contributed by atoms with E-state index in [2.05, 4.69) is 10.4 Å². The van der Waals surface area contributed by atoms with Gasteiger partial charge in [0.05, 0.1) is 10.6 Å². The molecule has 2 aromatic rings. The number of anilines is 1. The van der Waals surface area contributed by atoms with Crippen molar-refractivity contribution in [3.63, 3.8) is 0 Å². The Hall–Kier alpha value is -1.86. The molecular formula is C13H18N4O2S. The van der Waals surface area contributed by atoms with Crippen LogP contribution in [0.15, 0.2) is 29.3 Å². The molecule has 20 heavy (non-hydrogen) atoms. The average molecular weight is 294 g/mol. The third-order valence-corrected chi connectivity index (χ3v) is 4.23. The van der Waals surface area contributed by atoms with Crippen molar-refractivity contribution in [2.45, 2.75) is 25.3 Å². The molecule has 1 aromatic carbocycles. The van der Waals surface area contributed by atoms with Gasteiger partial charge in [-0.15, -0.1) is 0 Å². The molecular weight excluding hydrogens is 276 g/mol. The van der Waals surface area contributed by atoms with Gasteiger partial charge in [0.15, 0.2) is 0 Å². The second-order valence-corrected chi connectivity index (χ2v) is 6.27. The standard InChI is InChI=1S/C13H18N4O2S/c1-9-12(5-4-6-13(9)20(14,18)19)15-7-11-8-17(3)16-10(11)2/h4-6,8,15H,7H2,1-3H3,(H2,14,18,19). The number of aromatic nitrogens is 2. The summed E-state index contributed by atoms with van der Waals surface area (Å²) >= 11 is 0. The van der Waals surface area contributed by atoms with Gasteiger partial charge in [-0.05, 0) is 31.5 Å². The molecule has 0 aliphatic heterocycles. The predicted octanol–water partition coefficient (Wildman–Crippen LogP) is 1.30. The van der Waals surface area contributed by atoms with Gasteiger partial charge in [0, 0.05) is 31.0 Å². The molecule has 2 rings (SSSR count). The van der Waals surface area contributed by atoms with Crippen LogP contribution in [-0.2, 0) is 23.6 Å². The van der Waals surface area contributed by atoms with Crippen molar-refractivity contribution in [3.05, 3.63) is 41.2 Å². The van der Waals surface area contributed by atoms with E-state index in [-0.39, 0.29) is 4.90 Å². The zero-order chi connectivity index (χ0) is 14.9. The second-order valence-electron chi connectivity index (χ2n) is 4.74. The van der Waals surface area contributed by atoms with Crippen LogP contribution in [0.3, 0.4) is 0 Å². The van der Waals surface area contributed by atoms with Crippen molar-refractivity contribution in [2.75, 3.05) is 5.32 Å². The SMILES string of the molecule is Cc1nn(C)cc1CNc1cccc(S(N)(=O)=O)c1C. The molecule has 0 unspecified atom stereocenters. The summed E-state index contributed by atoms with van der Waals surface area (Å²) in [5.74, 6) is 0. The second kappa shape index (κ2) is 5.26. The Balaban J connectivity index is 2.25. The average Bonchev–Trinajstić information content (AvgIpc) is 2.65. The molecule has 0 bridgehead atoms. The van der Waals surface area contributed by atoms with Gasteiger partial charge in [0.2, 0.25) is 10.0 Å². The molecule has 1 aromatic heterocycles. The molecule has 0 spiro atoms. The molecule has 6 nitrogen and oxygen atoms in total. The largest absolute Gasteiger partial charge is 0.381 e. The molecule has 0 radical (unpaired) electrons. The maximum absolute atomic E-state index is 11.5. The summed E-state index contributed by atoms with van der Waals surface area (Å²) in [6.45, 7) is 4.25. The van der Waals surface area contributed by atoms with Gasteiger partial charge in [0.25, 0.3) is 0 Å². The maximum atomic E-state index is 11.5. The molecule has 7 heteroatoms. The molecule has 1 heterocycles. The maximum Gasteiger partial charge on any atom is 0.238 e. The van der Waals surface area contributed by atoms with Crippen LogP contribution in [0, 0.1) is 13.8 Å². The van der Waals surface area contributed by atoms with Crippen molar-refractivity contribution >= 4 is 15.7 Å². The van der Waals surface area contributed by atoms with E-state index in [1.165, 1.54) is 6.07 Å². The first-order chi connectivity index (χ1) is 9.29. The molecule has 0 aliphatic rings. The van der Waals surface area contributed by atoms with Crippen molar-refractivity contribution in [1.82, 2.24) is 9.78 Å². The molecule has 0 amide bonds. The Morgan fingerprint density at radius 3 is 2.60 bits per heavy atom. The smallest absolute Gasteiger partial charge is 0.238 e. The first kappa shape index (κ1) is 14.5. The summed E-state index contributed by atoms with van der Waals surface area (Å²) in [5.41, 5.74) is 3.38. The Morgan fingerprint density at radius 2 is 2.05 bits per heavy atom. The van der Waals surface area contributed by atoms with Crippen molar-refractivity contribution < 1.29 is 8.42 Å². The summed E-state index contributed by atoms with van der Waals surface area (Å²) in [6, 6.07) is 5.01.